The van der Waals surface area contributed by atoms with E-state index in [0.717, 1.165) is 0 Å². The fraction of sp³-hybridized carbons (Fsp3) is 0. The number of H-pyrrole nitrogens is 2. The number of anilines is 2. The minimum atomic E-state index is -2.53. The van der Waals surface area contributed by atoms with E-state index in [2.05, 4.69) is 61.0 Å². The second-order valence-electron chi connectivity index (χ2n) is 5.79. The highest BCUT2D eigenvalue weighted by atomic mass is 32.3. The number of hydrogen-bond acceptors (Lipinski definition) is 14. The smallest absolute Gasteiger partial charge is 0.268 e. The minimum Gasteiger partial charge on any atom is -0.439 e. The maximum absolute atomic E-state index is 5.87. The van der Waals surface area contributed by atoms with Crippen LogP contribution >= 0.6 is 21.6 Å². The van der Waals surface area contributed by atoms with Crippen molar-refractivity contribution in [3.8, 4) is 0 Å². The summed E-state index contributed by atoms with van der Waals surface area (Å²) in [6, 6.07) is 0. The van der Waals surface area contributed by atoms with Gasteiger partial charge < -0.3 is 4.42 Å². The van der Waals surface area contributed by atoms with Gasteiger partial charge in [0.25, 0.3) is 11.2 Å². The largest absolute Gasteiger partial charge is 0.439 e. The molecule has 1 aliphatic heterocycles. The molecule has 0 radical (unpaired) electrons. The number of aromatic nitrogens is 12. The van der Waals surface area contributed by atoms with Crippen molar-refractivity contribution in [3.05, 3.63) is 54.9 Å². The molecule has 15 nitrogen and oxygen atoms in total. The van der Waals surface area contributed by atoms with Crippen molar-refractivity contribution >= 4 is 38.2 Å². The van der Waals surface area contributed by atoms with Gasteiger partial charge >= 0.3 is 0 Å². The molecule has 0 aliphatic carbocycles. The number of nitrogens with zero attached hydrogens (tertiary/aromatic N) is 12. The second kappa shape index (κ2) is 6.92. The summed E-state index contributed by atoms with van der Waals surface area (Å²) in [4.78, 5) is 22.5. The van der Waals surface area contributed by atoms with Crippen LogP contribution in [0, 0.1) is 0 Å². The Bertz CT molecular complexity index is 1250. The summed E-state index contributed by atoms with van der Waals surface area (Å²) in [5.41, 5.74) is 0. The van der Waals surface area contributed by atoms with E-state index >= 15 is 0 Å². The third-order valence-electron chi connectivity index (χ3n) is 4.19. The number of rotatable bonds is 5. The molecule has 5 aromatic heterocycles. The molecule has 1 unspecified atom stereocenters. The van der Waals surface area contributed by atoms with Crippen molar-refractivity contribution in [2.75, 3.05) is 9.42 Å². The summed E-state index contributed by atoms with van der Waals surface area (Å²) < 4.78 is 8.37. The zero-order valence-corrected chi connectivity index (χ0v) is 16.8. The SMILES string of the molecule is C1=C(c2nn[nH]n2)S(c2ncco2)(c2nccs2)N(c2ncncn2)N1c1cn[nH]n1. The zero-order valence-electron chi connectivity index (χ0n) is 15.2. The van der Waals surface area contributed by atoms with Gasteiger partial charge in [-0.2, -0.15) is 29.9 Å². The number of thiazole rings is 1. The first-order valence-corrected chi connectivity index (χ1v) is 11.0. The van der Waals surface area contributed by atoms with Gasteiger partial charge in [-0.25, -0.2) is 20.0 Å². The van der Waals surface area contributed by atoms with Crippen molar-refractivity contribution < 1.29 is 4.42 Å². The summed E-state index contributed by atoms with van der Waals surface area (Å²) in [5.74, 6) is 1.13. The maximum atomic E-state index is 5.87. The highest BCUT2D eigenvalue weighted by molar-refractivity contribution is 8.42. The van der Waals surface area contributed by atoms with E-state index in [1.165, 1.54) is 30.3 Å². The van der Waals surface area contributed by atoms with Crippen LogP contribution in [0.4, 0.5) is 11.8 Å². The number of nitrogens with one attached hydrogen (secondary N) is 2. The number of aromatic amines is 2. The van der Waals surface area contributed by atoms with Crippen LogP contribution in [0.5, 0.6) is 0 Å². The third-order valence-corrected chi connectivity index (χ3v) is 8.87. The Balaban J connectivity index is 1.71. The summed E-state index contributed by atoms with van der Waals surface area (Å²) in [6.45, 7) is 0. The van der Waals surface area contributed by atoms with Gasteiger partial charge in [0, 0.05) is 28.0 Å². The Morgan fingerprint density at radius 3 is 2.65 bits per heavy atom. The molecule has 0 bridgehead atoms. The van der Waals surface area contributed by atoms with Gasteiger partial charge in [-0.15, -0.1) is 26.6 Å². The minimum absolute atomic E-state index is 0.316. The lowest BCUT2D eigenvalue weighted by Crippen LogP contribution is -2.39. The molecule has 0 saturated carbocycles. The average molecular weight is 454 g/mol. The van der Waals surface area contributed by atoms with Crippen LogP contribution in [0.2, 0.25) is 0 Å². The molecular weight excluding hydrogens is 444 g/mol. The standard InChI is InChI=1S/C14H10N14OS2/c1-3-29-13(16-1)31(14-17-2-4-30-14)9(11-22-25-26-23-11)6-27(10-5-20-24-21-10)28(31)12-18-7-15-8-19-12/h1-8H,(H,20,21,24)(H,22,23,25,26). The first-order chi connectivity index (χ1) is 15.4. The predicted octanol–water partition coefficient (Wildman–Crippen LogP) is 1.03. The summed E-state index contributed by atoms with van der Waals surface area (Å²) in [7, 11) is -2.53. The van der Waals surface area contributed by atoms with E-state index in [4.69, 9.17) is 4.42 Å². The van der Waals surface area contributed by atoms with Crippen LogP contribution in [-0.2, 0) is 0 Å². The molecule has 0 fully saturated rings. The molecule has 17 heteroatoms. The van der Waals surface area contributed by atoms with E-state index in [0.29, 0.717) is 32.1 Å². The lowest BCUT2D eigenvalue weighted by molar-refractivity contribution is 0.449. The van der Waals surface area contributed by atoms with E-state index in [1.54, 1.807) is 29.8 Å². The maximum Gasteiger partial charge on any atom is 0.268 e. The number of oxazole rings is 1. The lowest BCUT2D eigenvalue weighted by Gasteiger charge is -2.41. The molecule has 31 heavy (non-hydrogen) atoms. The first kappa shape index (κ1) is 17.6. The predicted molar refractivity (Wildman–Crippen MR) is 106 cm³/mol. The van der Waals surface area contributed by atoms with Crippen LogP contribution in [-0.4, -0.2) is 61.0 Å². The molecule has 5 aromatic rings. The summed E-state index contributed by atoms with van der Waals surface area (Å²) in [6.07, 6.45) is 10.9. The van der Waals surface area contributed by atoms with E-state index < -0.39 is 10.2 Å². The van der Waals surface area contributed by atoms with Gasteiger partial charge in [-0.1, -0.05) is 0 Å². The van der Waals surface area contributed by atoms with E-state index in [-0.39, 0.29) is 0 Å². The molecular formula is C14H10N14OS2. The average Bonchev–Trinajstić information content (AvgIpc) is 3.64. The van der Waals surface area contributed by atoms with Gasteiger partial charge in [0.05, 0.1) is 17.3 Å². The van der Waals surface area contributed by atoms with Crippen LogP contribution in [0.25, 0.3) is 4.91 Å². The molecule has 2 N–H and O–H groups in total. The van der Waals surface area contributed by atoms with E-state index in [1.807, 2.05) is 9.79 Å². The molecule has 0 amide bonds. The van der Waals surface area contributed by atoms with Crippen molar-refractivity contribution in [1.82, 2.24) is 61.0 Å². The van der Waals surface area contributed by atoms with Crippen LogP contribution < -0.4 is 9.42 Å². The topological polar surface area (TPSA) is 180 Å². The first-order valence-electron chi connectivity index (χ1n) is 8.54. The fourth-order valence-electron chi connectivity index (χ4n) is 3.06. The van der Waals surface area contributed by atoms with Gasteiger partial charge in [0.15, 0.2) is 10.2 Å². The monoisotopic (exact) mass is 454 g/mol. The molecule has 0 saturated heterocycles. The van der Waals surface area contributed by atoms with Gasteiger partial charge in [0.1, 0.15) is 18.9 Å². The fourth-order valence-corrected chi connectivity index (χ4v) is 7.81. The Morgan fingerprint density at radius 2 is 1.97 bits per heavy atom. The molecule has 6 heterocycles. The quantitative estimate of drug-likeness (QED) is 0.384. The number of tetrazole rings is 1. The van der Waals surface area contributed by atoms with Gasteiger partial charge in [-0.3, -0.25) is 0 Å². The van der Waals surface area contributed by atoms with Crippen LogP contribution in [0.3, 0.4) is 0 Å². The lowest BCUT2D eigenvalue weighted by atomic mass is 10.5. The Morgan fingerprint density at radius 1 is 1.03 bits per heavy atom. The Hall–Kier alpha value is -4.25. The van der Waals surface area contributed by atoms with Crippen molar-refractivity contribution in [2.24, 2.45) is 0 Å². The molecule has 0 spiro atoms. The zero-order chi connectivity index (χ0) is 20.7. The highest BCUT2D eigenvalue weighted by Gasteiger charge is 2.55. The molecule has 6 rings (SSSR count). The Labute approximate surface area is 177 Å². The van der Waals surface area contributed by atoms with Gasteiger partial charge in [-0.05, 0) is 5.21 Å². The molecule has 1 aliphatic rings. The normalized spacial score (nSPS) is 20.6. The van der Waals surface area contributed by atoms with Gasteiger partial charge in [0.2, 0.25) is 5.82 Å². The molecule has 1 atom stereocenters. The number of hydrogen-bond donors (Lipinski definition) is 2. The second-order valence-corrected chi connectivity index (χ2v) is 9.62. The van der Waals surface area contributed by atoms with Crippen molar-refractivity contribution in [3.63, 3.8) is 0 Å². The van der Waals surface area contributed by atoms with E-state index in [9.17, 15) is 0 Å². The van der Waals surface area contributed by atoms with Crippen molar-refractivity contribution in [1.29, 1.82) is 0 Å². The van der Waals surface area contributed by atoms with Crippen molar-refractivity contribution in [2.45, 2.75) is 9.56 Å². The summed E-state index contributed by atoms with van der Waals surface area (Å²) in [5, 5.41) is 29.4. The molecule has 0 aromatic carbocycles. The van der Waals surface area contributed by atoms with Crippen LogP contribution in [0.15, 0.2) is 63.1 Å². The number of hydrazine groups is 1. The molecule has 154 valence electrons. The highest BCUT2D eigenvalue weighted by Crippen LogP contribution is 2.76. The Kier molecular flexibility index (Phi) is 3.93. The third kappa shape index (κ3) is 2.53. The van der Waals surface area contributed by atoms with Crippen LogP contribution in [0.1, 0.15) is 5.82 Å². The summed E-state index contributed by atoms with van der Waals surface area (Å²) >= 11 is 1.43.